The van der Waals surface area contributed by atoms with Gasteiger partial charge in [0.05, 0.1) is 0 Å². The molecule has 2 atom stereocenters. The van der Waals surface area contributed by atoms with Crippen LogP contribution in [0.1, 0.15) is 33.6 Å². The lowest BCUT2D eigenvalue weighted by atomic mass is 9.80. The van der Waals surface area contributed by atoms with Gasteiger partial charge in [0.1, 0.15) is 5.54 Å². The first kappa shape index (κ1) is 18.5. The molecule has 0 aromatic rings. The van der Waals surface area contributed by atoms with Gasteiger partial charge in [0.2, 0.25) is 0 Å². The molecule has 0 spiro atoms. The Morgan fingerprint density at radius 2 is 1.95 bits per heavy atom. The average Bonchev–Trinajstić information content (AvgIpc) is 2.52. The quantitative estimate of drug-likeness (QED) is 0.761. The lowest BCUT2D eigenvalue weighted by molar-refractivity contribution is -0.133. The van der Waals surface area contributed by atoms with Gasteiger partial charge in [-0.1, -0.05) is 0 Å². The van der Waals surface area contributed by atoms with E-state index in [4.69, 9.17) is 0 Å². The van der Waals surface area contributed by atoms with Crippen molar-refractivity contribution < 1.29 is 9.59 Å². The summed E-state index contributed by atoms with van der Waals surface area (Å²) in [6.07, 6.45) is 2.05. The molecule has 3 amide bonds. The summed E-state index contributed by atoms with van der Waals surface area (Å²) >= 11 is 0. The predicted molar refractivity (Wildman–Crippen MR) is 79.0 cm³/mol. The second kappa shape index (κ2) is 6.77. The van der Waals surface area contributed by atoms with E-state index in [-0.39, 0.29) is 48.7 Å². The highest BCUT2D eigenvalue weighted by Crippen LogP contribution is 2.31. The summed E-state index contributed by atoms with van der Waals surface area (Å²) in [4.78, 5) is 25.6. The molecule has 5 nitrogen and oxygen atoms in total. The summed E-state index contributed by atoms with van der Waals surface area (Å²) in [5.41, 5.74) is -0.727. The van der Waals surface area contributed by atoms with Crippen LogP contribution in [-0.4, -0.2) is 41.5 Å². The molecule has 112 valence electrons. The van der Waals surface area contributed by atoms with E-state index >= 15 is 0 Å². The largest absolute Gasteiger partial charge is 0.325 e. The number of hydrogen-bond acceptors (Lipinski definition) is 3. The van der Waals surface area contributed by atoms with Crippen molar-refractivity contribution in [1.82, 2.24) is 15.5 Å². The highest BCUT2D eigenvalue weighted by atomic mass is 35.5. The molecule has 7 heteroatoms. The second-order valence-electron chi connectivity index (χ2n) is 5.44. The van der Waals surface area contributed by atoms with Crippen LogP contribution in [0.25, 0.3) is 0 Å². The summed E-state index contributed by atoms with van der Waals surface area (Å²) in [6, 6.07) is -0.334. The minimum Gasteiger partial charge on any atom is -0.323 e. The van der Waals surface area contributed by atoms with Crippen molar-refractivity contribution in [3.63, 3.8) is 0 Å². The van der Waals surface area contributed by atoms with E-state index in [0.717, 1.165) is 25.9 Å². The van der Waals surface area contributed by atoms with Gasteiger partial charge in [-0.3, -0.25) is 9.69 Å². The van der Waals surface area contributed by atoms with Crippen LogP contribution in [0.2, 0.25) is 0 Å². The summed E-state index contributed by atoms with van der Waals surface area (Å²) in [7, 11) is 0. The molecule has 0 radical (unpaired) electrons. The van der Waals surface area contributed by atoms with Gasteiger partial charge in [-0.15, -0.1) is 24.8 Å². The molecule has 19 heavy (non-hydrogen) atoms. The van der Waals surface area contributed by atoms with Crippen molar-refractivity contribution in [2.75, 3.05) is 13.1 Å². The first-order valence-electron chi connectivity index (χ1n) is 6.33. The Morgan fingerprint density at radius 1 is 1.32 bits per heavy atom. The van der Waals surface area contributed by atoms with Crippen LogP contribution in [0.3, 0.4) is 0 Å². The summed E-state index contributed by atoms with van der Waals surface area (Å²) in [5.74, 6) is 0.114. The number of carbonyl (C=O) groups is 2. The zero-order chi connectivity index (χ0) is 12.6. The standard InChI is InChI=1S/C12H21N3O2.2ClH/c1-8(2)15-10(16)12(3,14-11(15)17)9-5-4-6-13-7-9;;/h8-9,13H,4-7H2,1-3H3,(H,14,17);2*1H. The third-order valence-electron chi connectivity index (χ3n) is 3.88. The summed E-state index contributed by atoms with van der Waals surface area (Å²) in [5, 5.41) is 6.17. The lowest BCUT2D eigenvalue weighted by Crippen LogP contribution is -2.55. The number of nitrogens with zero attached hydrogens (tertiary/aromatic N) is 1. The van der Waals surface area contributed by atoms with E-state index in [9.17, 15) is 9.59 Å². The monoisotopic (exact) mass is 311 g/mol. The molecular weight excluding hydrogens is 289 g/mol. The number of urea groups is 1. The maximum atomic E-state index is 12.4. The van der Waals surface area contributed by atoms with E-state index in [0.29, 0.717) is 0 Å². The molecule has 2 fully saturated rings. The Bertz CT molecular complexity index is 346. The average molecular weight is 312 g/mol. The molecule has 2 aliphatic rings. The fraction of sp³-hybridized carbons (Fsp3) is 0.833. The maximum absolute atomic E-state index is 12.4. The van der Waals surface area contributed by atoms with Gasteiger partial charge in [-0.2, -0.15) is 0 Å². The number of rotatable bonds is 2. The zero-order valence-corrected chi connectivity index (χ0v) is 13.2. The highest BCUT2D eigenvalue weighted by molar-refractivity contribution is 6.07. The molecule has 0 aromatic heterocycles. The van der Waals surface area contributed by atoms with Crippen molar-refractivity contribution >= 4 is 36.8 Å². The van der Waals surface area contributed by atoms with Crippen LogP contribution in [0.15, 0.2) is 0 Å². The highest BCUT2D eigenvalue weighted by Gasteiger charge is 2.52. The third-order valence-corrected chi connectivity index (χ3v) is 3.88. The molecule has 0 bridgehead atoms. The molecule has 2 rings (SSSR count). The Hall–Kier alpha value is -0.520. The van der Waals surface area contributed by atoms with Crippen molar-refractivity contribution in [2.24, 2.45) is 5.92 Å². The SMILES string of the molecule is CC(C)N1C(=O)NC(C)(C2CCCNC2)C1=O.Cl.Cl. The predicted octanol–water partition coefficient (Wildman–Crippen LogP) is 1.55. The number of halogens is 2. The molecule has 0 aliphatic carbocycles. The Kier molecular flexibility index (Phi) is 6.59. The molecule has 2 aliphatic heterocycles. The van der Waals surface area contributed by atoms with Gasteiger partial charge in [-0.05, 0) is 40.2 Å². The molecule has 0 saturated carbocycles. The third kappa shape index (κ3) is 3.15. The van der Waals surface area contributed by atoms with Gasteiger partial charge >= 0.3 is 6.03 Å². The van der Waals surface area contributed by atoms with Crippen molar-refractivity contribution in [2.45, 2.75) is 45.2 Å². The van der Waals surface area contributed by atoms with Gasteiger partial charge in [0.25, 0.3) is 5.91 Å². The molecular formula is C12H23Cl2N3O2. The Labute approximate surface area is 126 Å². The number of imide groups is 1. The summed E-state index contributed by atoms with van der Waals surface area (Å²) < 4.78 is 0. The smallest absolute Gasteiger partial charge is 0.323 e. The second-order valence-corrected chi connectivity index (χ2v) is 5.44. The van der Waals surface area contributed by atoms with Crippen molar-refractivity contribution in [3.8, 4) is 0 Å². The first-order chi connectivity index (χ1) is 7.97. The minimum absolute atomic E-state index is 0. The molecule has 2 unspecified atom stereocenters. The fourth-order valence-corrected chi connectivity index (χ4v) is 2.77. The molecule has 2 heterocycles. The van der Waals surface area contributed by atoms with Gasteiger partial charge < -0.3 is 10.6 Å². The van der Waals surface area contributed by atoms with Crippen LogP contribution in [0, 0.1) is 5.92 Å². The Balaban J connectivity index is 0.00000162. The first-order valence-corrected chi connectivity index (χ1v) is 6.33. The van der Waals surface area contributed by atoms with Crippen LogP contribution in [-0.2, 0) is 4.79 Å². The zero-order valence-electron chi connectivity index (χ0n) is 11.6. The van der Waals surface area contributed by atoms with E-state index < -0.39 is 5.54 Å². The number of nitrogens with one attached hydrogen (secondary N) is 2. The van der Waals surface area contributed by atoms with E-state index in [1.54, 1.807) is 0 Å². The van der Waals surface area contributed by atoms with Gasteiger partial charge in [-0.25, -0.2) is 4.79 Å². The number of amides is 3. The van der Waals surface area contributed by atoms with Crippen LogP contribution < -0.4 is 10.6 Å². The minimum atomic E-state index is -0.727. The summed E-state index contributed by atoms with van der Waals surface area (Å²) in [6.45, 7) is 7.38. The van der Waals surface area contributed by atoms with Gasteiger partial charge in [0, 0.05) is 18.5 Å². The maximum Gasteiger partial charge on any atom is 0.325 e. The van der Waals surface area contributed by atoms with Crippen LogP contribution >= 0.6 is 24.8 Å². The topological polar surface area (TPSA) is 61.4 Å². The fourth-order valence-electron chi connectivity index (χ4n) is 2.77. The number of hydrogen-bond donors (Lipinski definition) is 2. The van der Waals surface area contributed by atoms with E-state index in [1.807, 2.05) is 20.8 Å². The van der Waals surface area contributed by atoms with Gasteiger partial charge in [0.15, 0.2) is 0 Å². The van der Waals surface area contributed by atoms with Crippen LogP contribution in [0.5, 0.6) is 0 Å². The molecule has 0 aromatic carbocycles. The van der Waals surface area contributed by atoms with E-state index in [1.165, 1.54) is 4.90 Å². The van der Waals surface area contributed by atoms with E-state index in [2.05, 4.69) is 10.6 Å². The normalized spacial score (nSPS) is 30.7. The lowest BCUT2D eigenvalue weighted by Gasteiger charge is -2.35. The molecule has 2 N–H and O–H groups in total. The van der Waals surface area contributed by atoms with Crippen molar-refractivity contribution in [3.05, 3.63) is 0 Å². The van der Waals surface area contributed by atoms with Crippen LogP contribution in [0.4, 0.5) is 4.79 Å². The Morgan fingerprint density at radius 3 is 2.37 bits per heavy atom. The number of piperidine rings is 1. The van der Waals surface area contributed by atoms with Crippen molar-refractivity contribution in [1.29, 1.82) is 0 Å². The molecule has 2 saturated heterocycles. The number of carbonyl (C=O) groups excluding carboxylic acids is 2.